The Kier molecular flexibility index (Phi) is 3.04. The normalized spacial score (nSPS) is 22.5. The van der Waals surface area contributed by atoms with Gasteiger partial charge in [-0.05, 0) is 6.42 Å². The lowest BCUT2D eigenvalue weighted by Gasteiger charge is -2.21. The fourth-order valence-electron chi connectivity index (χ4n) is 1.72. The molecule has 1 atom stereocenters. The number of hydrogen-bond donors (Lipinski definition) is 1. The van der Waals surface area contributed by atoms with E-state index in [1.54, 1.807) is 7.05 Å². The molecule has 17 heavy (non-hydrogen) atoms. The highest BCUT2D eigenvalue weighted by Gasteiger charge is 2.33. The molecule has 1 unspecified atom stereocenters. The third kappa shape index (κ3) is 2.55. The van der Waals surface area contributed by atoms with Gasteiger partial charge in [-0.25, -0.2) is 8.42 Å². The van der Waals surface area contributed by atoms with Crippen molar-refractivity contribution in [3.05, 3.63) is 5.01 Å². The lowest BCUT2D eigenvalue weighted by atomic mass is 10.2. The lowest BCUT2D eigenvalue weighted by Crippen LogP contribution is -2.37. The summed E-state index contributed by atoms with van der Waals surface area (Å²) in [6.45, 7) is 0. The molecule has 94 valence electrons. The van der Waals surface area contributed by atoms with Gasteiger partial charge in [0.05, 0.1) is 11.5 Å². The van der Waals surface area contributed by atoms with Crippen LogP contribution in [0.4, 0.5) is 5.13 Å². The van der Waals surface area contributed by atoms with Crippen molar-refractivity contribution in [2.45, 2.75) is 12.5 Å². The zero-order chi connectivity index (χ0) is 12.6. The third-order valence-electron chi connectivity index (χ3n) is 2.70. The van der Waals surface area contributed by atoms with Crippen molar-refractivity contribution in [2.75, 3.05) is 24.3 Å². The number of carbonyl (C=O) groups excluding carboxylic acids is 1. The molecule has 1 fully saturated rings. The maximum atomic E-state index is 11.9. The van der Waals surface area contributed by atoms with Crippen LogP contribution in [0.1, 0.15) is 16.2 Å². The molecule has 1 amide bonds. The number of rotatable bonds is 2. The molecule has 9 heteroatoms. The second-order valence-corrected chi connectivity index (χ2v) is 7.16. The zero-order valence-electron chi connectivity index (χ0n) is 9.16. The molecule has 0 aliphatic carbocycles. The molecular formula is C8H12N4O3S2. The summed E-state index contributed by atoms with van der Waals surface area (Å²) in [4.78, 5) is 13.3. The van der Waals surface area contributed by atoms with E-state index in [1.807, 2.05) is 0 Å². The van der Waals surface area contributed by atoms with Crippen LogP contribution in [0.2, 0.25) is 0 Å². The fraction of sp³-hybridized carbons (Fsp3) is 0.625. The molecule has 1 aromatic rings. The van der Waals surface area contributed by atoms with E-state index < -0.39 is 9.84 Å². The Morgan fingerprint density at radius 3 is 2.71 bits per heavy atom. The molecule has 2 heterocycles. The van der Waals surface area contributed by atoms with Gasteiger partial charge in [0.25, 0.3) is 5.91 Å². The van der Waals surface area contributed by atoms with Crippen molar-refractivity contribution >= 4 is 32.2 Å². The van der Waals surface area contributed by atoms with Crippen LogP contribution in [0.15, 0.2) is 0 Å². The maximum absolute atomic E-state index is 11.9. The van der Waals surface area contributed by atoms with Crippen LogP contribution < -0.4 is 5.73 Å². The van der Waals surface area contributed by atoms with Crippen molar-refractivity contribution in [3.63, 3.8) is 0 Å². The Morgan fingerprint density at radius 2 is 2.24 bits per heavy atom. The van der Waals surface area contributed by atoms with E-state index in [-0.39, 0.29) is 33.6 Å². The molecule has 2 N–H and O–H groups in total. The van der Waals surface area contributed by atoms with Gasteiger partial charge < -0.3 is 10.6 Å². The Labute approximate surface area is 103 Å². The molecule has 0 spiro atoms. The molecule has 0 bridgehead atoms. The highest BCUT2D eigenvalue weighted by atomic mass is 32.2. The number of aromatic nitrogens is 2. The lowest BCUT2D eigenvalue weighted by molar-refractivity contribution is 0.0746. The Hall–Kier alpha value is -1.22. The summed E-state index contributed by atoms with van der Waals surface area (Å²) in [5.41, 5.74) is 5.39. The van der Waals surface area contributed by atoms with E-state index >= 15 is 0 Å². The Morgan fingerprint density at radius 1 is 1.53 bits per heavy atom. The van der Waals surface area contributed by atoms with Gasteiger partial charge in [0.15, 0.2) is 9.84 Å². The van der Waals surface area contributed by atoms with Crippen LogP contribution in [0.25, 0.3) is 0 Å². The van der Waals surface area contributed by atoms with Gasteiger partial charge in [-0.2, -0.15) is 0 Å². The van der Waals surface area contributed by atoms with Gasteiger partial charge in [-0.3, -0.25) is 4.79 Å². The van der Waals surface area contributed by atoms with Gasteiger partial charge >= 0.3 is 0 Å². The summed E-state index contributed by atoms with van der Waals surface area (Å²) < 4.78 is 22.7. The van der Waals surface area contributed by atoms with Crippen molar-refractivity contribution in [3.8, 4) is 0 Å². The molecule has 7 nitrogen and oxygen atoms in total. The predicted octanol–water partition coefficient (Wildman–Crippen LogP) is -0.621. The number of hydrogen-bond acceptors (Lipinski definition) is 7. The van der Waals surface area contributed by atoms with E-state index in [0.29, 0.717) is 6.42 Å². The van der Waals surface area contributed by atoms with Gasteiger partial charge in [0.2, 0.25) is 10.1 Å². The van der Waals surface area contributed by atoms with E-state index in [9.17, 15) is 13.2 Å². The number of carbonyl (C=O) groups is 1. The summed E-state index contributed by atoms with van der Waals surface area (Å²) in [6.07, 6.45) is 0.471. The Bertz CT molecular complexity index is 539. The molecular weight excluding hydrogens is 264 g/mol. The largest absolute Gasteiger partial charge is 0.374 e. The quantitative estimate of drug-likeness (QED) is 0.771. The highest BCUT2D eigenvalue weighted by Crippen LogP contribution is 2.20. The summed E-state index contributed by atoms with van der Waals surface area (Å²) >= 11 is 0.998. The maximum Gasteiger partial charge on any atom is 0.284 e. The molecule has 1 aliphatic heterocycles. The van der Waals surface area contributed by atoms with E-state index in [4.69, 9.17) is 5.73 Å². The molecule has 1 aliphatic rings. The topological polar surface area (TPSA) is 106 Å². The van der Waals surface area contributed by atoms with Crippen LogP contribution in [0.5, 0.6) is 0 Å². The molecule has 1 aromatic heterocycles. The van der Waals surface area contributed by atoms with Crippen molar-refractivity contribution in [2.24, 2.45) is 0 Å². The summed E-state index contributed by atoms with van der Waals surface area (Å²) in [5, 5.41) is 7.62. The number of anilines is 1. The monoisotopic (exact) mass is 276 g/mol. The first-order chi connectivity index (χ1) is 7.89. The summed E-state index contributed by atoms with van der Waals surface area (Å²) in [5.74, 6) is -0.182. The third-order valence-corrected chi connectivity index (χ3v) is 5.19. The number of amides is 1. The summed E-state index contributed by atoms with van der Waals surface area (Å²) in [7, 11) is -1.43. The highest BCUT2D eigenvalue weighted by molar-refractivity contribution is 7.91. The van der Waals surface area contributed by atoms with Gasteiger partial charge in [0, 0.05) is 13.1 Å². The zero-order valence-corrected chi connectivity index (χ0v) is 10.8. The minimum atomic E-state index is -3.00. The first kappa shape index (κ1) is 12.2. The standard InChI is InChI=1S/C8H12N4O3S2/c1-12(5-2-3-17(14,15)4-5)7(13)6-10-11-8(9)16-6/h5H,2-4H2,1H3,(H2,9,11). The van der Waals surface area contributed by atoms with E-state index in [2.05, 4.69) is 10.2 Å². The molecule has 0 aromatic carbocycles. The average molecular weight is 276 g/mol. The summed E-state index contributed by atoms with van der Waals surface area (Å²) in [6, 6.07) is -0.280. The minimum absolute atomic E-state index is 0.0174. The molecule has 1 saturated heterocycles. The van der Waals surface area contributed by atoms with Crippen LogP contribution in [0, 0.1) is 0 Å². The smallest absolute Gasteiger partial charge is 0.284 e. The second-order valence-electron chi connectivity index (χ2n) is 3.92. The van der Waals surface area contributed by atoms with Gasteiger partial charge in [-0.1, -0.05) is 11.3 Å². The molecule has 0 radical (unpaired) electrons. The number of nitrogen functional groups attached to an aromatic ring is 1. The number of nitrogens with zero attached hydrogens (tertiary/aromatic N) is 3. The fourth-order valence-corrected chi connectivity index (χ4v) is 4.09. The van der Waals surface area contributed by atoms with E-state index in [1.165, 1.54) is 4.90 Å². The number of nitrogens with two attached hydrogens (primary N) is 1. The van der Waals surface area contributed by atoms with Crippen LogP contribution in [-0.2, 0) is 9.84 Å². The van der Waals surface area contributed by atoms with Crippen molar-refractivity contribution < 1.29 is 13.2 Å². The van der Waals surface area contributed by atoms with Crippen LogP contribution in [-0.4, -0.2) is 54.0 Å². The van der Waals surface area contributed by atoms with E-state index in [0.717, 1.165) is 11.3 Å². The molecule has 0 saturated carbocycles. The SMILES string of the molecule is CN(C(=O)c1nnc(N)s1)C1CCS(=O)(=O)C1. The Balaban J connectivity index is 2.11. The second kappa shape index (κ2) is 4.22. The van der Waals surface area contributed by atoms with Gasteiger partial charge in [0.1, 0.15) is 0 Å². The van der Waals surface area contributed by atoms with Crippen molar-refractivity contribution in [1.82, 2.24) is 15.1 Å². The minimum Gasteiger partial charge on any atom is -0.374 e. The van der Waals surface area contributed by atoms with Crippen molar-refractivity contribution in [1.29, 1.82) is 0 Å². The first-order valence-corrected chi connectivity index (χ1v) is 7.59. The van der Waals surface area contributed by atoms with Gasteiger partial charge in [-0.15, -0.1) is 10.2 Å². The molecule has 2 rings (SSSR count). The van der Waals surface area contributed by atoms with Crippen LogP contribution >= 0.6 is 11.3 Å². The average Bonchev–Trinajstić information content (AvgIpc) is 2.82. The number of sulfone groups is 1. The first-order valence-electron chi connectivity index (χ1n) is 4.95. The van der Waals surface area contributed by atoms with Crippen LogP contribution in [0.3, 0.4) is 0 Å². The predicted molar refractivity (Wildman–Crippen MR) is 63.5 cm³/mol.